The zero-order chi connectivity index (χ0) is 12.3. The zero-order valence-corrected chi connectivity index (χ0v) is 10.5. The molecule has 0 saturated carbocycles. The molecule has 0 saturated heterocycles. The van der Waals surface area contributed by atoms with E-state index in [-0.39, 0.29) is 12.7 Å². The Hall–Kier alpha value is -0.900. The molecule has 0 aromatic heterocycles. The first kappa shape index (κ1) is 14.2. The summed E-state index contributed by atoms with van der Waals surface area (Å²) in [7, 11) is 0. The van der Waals surface area contributed by atoms with Crippen molar-refractivity contribution in [3.8, 4) is 0 Å². The van der Waals surface area contributed by atoms with Gasteiger partial charge in [-0.1, -0.05) is 30.3 Å². The summed E-state index contributed by atoms with van der Waals surface area (Å²) >= 11 is 0. The van der Waals surface area contributed by atoms with Crippen LogP contribution >= 0.6 is 0 Å². The Morgan fingerprint density at radius 3 is 2.65 bits per heavy atom. The highest BCUT2D eigenvalue weighted by Crippen LogP contribution is 2.01. The zero-order valence-electron chi connectivity index (χ0n) is 10.5. The van der Waals surface area contributed by atoms with Crippen LogP contribution in [-0.4, -0.2) is 31.0 Å². The standard InChI is InChI=1S/C14H22O3/c1-13(8-9-15)17-11-5-10-16-12-14-6-3-2-4-7-14/h2-4,6-7,13,15H,5,8-12H2,1H3/t13-/m0/s1. The second kappa shape index (κ2) is 9.16. The largest absolute Gasteiger partial charge is 0.396 e. The van der Waals surface area contributed by atoms with Gasteiger partial charge in [0, 0.05) is 19.8 Å². The van der Waals surface area contributed by atoms with Crippen LogP contribution in [0.2, 0.25) is 0 Å². The molecular formula is C14H22O3. The van der Waals surface area contributed by atoms with Crippen molar-refractivity contribution in [2.24, 2.45) is 0 Å². The van der Waals surface area contributed by atoms with Gasteiger partial charge in [0.25, 0.3) is 0 Å². The van der Waals surface area contributed by atoms with Gasteiger partial charge in [0.05, 0.1) is 12.7 Å². The van der Waals surface area contributed by atoms with E-state index in [1.54, 1.807) is 0 Å². The Balaban J connectivity index is 1.95. The number of hydrogen-bond donors (Lipinski definition) is 1. The van der Waals surface area contributed by atoms with E-state index in [1.165, 1.54) is 5.56 Å². The second-order valence-corrected chi connectivity index (χ2v) is 4.09. The SMILES string of the molecule is C[C@@H](CCO)OCCCOCc1ccccc1. The maximum Gasteiger partial charge on any atom is 0.0716 e. The van der Waals surface area contributed by atoms with Gasteiger partial charge in [-0.25, -0.2) is 0 Å². The van der Waals surface area contributed by atoms with Crippen LogP contribution < -0.4 is 0 Å². The number of benzene rings is 1. The molecule has 1 aromatic rings. The van der Waals surface area contributed by atoms with Crippen LogP contribution in [0.15, 0.2) is 30.3 Å². The molecule has 1 N–H and O–H groups in total. The first-order valence-corrected chi connectivity index (χ1v) is 6.17. The lowest BCUT2D eigenvalue weighted by atomic mass is 10.2. The van der Waals surface area contributed by atoms with Crippen molar-refractivity contribution in [3.63, 3.8) is 0 Å². The summed E-state index contributed by atoms with van der Waals surface area (Å²) < 4.78 is 11.0. The van der Waals surface area contributed by atoms with E-state index in [2.05, 4.69) is 12.1 Å². The molecule has 0 heterocycles. The molecule has 0 bridgehead atoms. The fraction of sp³-hybridized carbons (Fsp3) is 0.571. The van der Waals surface area contributed by atoms with Crippen LogP contribution in [0.4, 0.5) is 0 Å². The molecule has 17 heavy (non-hydrogen) atoms. The van der Waals surface area contributed by atoms with Gasteiger partial charge >= 0.3 is 0 Å². The summed E-state index contributed by atoms with van der Waals surface area (Å²) in [4.78, 5) is 0. The summed E-state index contributed by atoms with van der Waals surface area (Å²) in [6.45, 7) is 4.22. The lowest BCUT2D eigenvalue weighted by molar-refractivity contribution is 0.0277. The van der Waals surface area contributed by atoms with Crippen molar-refractivity contribution < 1.29 is 14.6 Å². The molecule has 3 nitrogen and oxygen atoms in total. The third-order valence-electron chi connectivity index (χ3n) is 2.48. The minimum absolute atomic E-state index is 0.133. The van der Waals surface area contributed by atoms with Gasteiger partial charge in [-0.05, 0) is 25.3 Å². The molecule has 0 aliphatic carbocycles. The molecule has 1 atom stereocenters. The third-order valence-corrected chi connectivity index (χ3v) is 2.48. The quantitative estimate of drug-likeness (QED) is 0.671. The van der Waals surface area contributed by atoms with Crippen LogP contribution in [0.3, 0.4) is 0 Å². The molecule has 0 fully saturated rings. The molecular weight excluding hydrogens is 216 g/mol. The van der Waals surface area contributed by atoms with Gasteiger partial charge in [-0.2, -0.15) is 0 Å². The van der Waals surface area contributed by atoms with Crippen molar-refractivity contribution in [2.75, 3.05) is 19.8 Å². The maximum absolute atomic E-state index is 8.70. The molecule has 0 aliphatic heterocycles. The minimum Gasteiger partial charge on any atom is -0.396 e. The highest BCUT2D eigenvalue weighted by atomic mass is 16.5. The highest BCUT2D eigenvalue weighted by Gasteiger charge is 2.00. The van der Waals surface area contributed by atoms with E-state index in [0.717, 1.165) is 6.42 Å². The van der Waals surface area contributed by atoms with Crippen molar-refractivity contribution in [1.29, 1.82) is 0 Å². The smallest absolute Gasteiger partial charge is 0.0716 e. The van der Waals surface area contributed by atoms with Crippen LogP contribution in [0, 0.1) is 0 Å². The first-order valence-electron chi connectivity index (χ1n) is 6.17. The Labute approximate surface area is 103 Å². The minimum atomic E-state index is 0.133. The number of ether oxygens (including phenoxy) is 2. The Kier molecular flexibility index (Phi) is 7.63. The second-order valence-electron chi connectivity index (χ2n) is 4.09. The molecule has 0 spiro atoms. The Morgan fingerprint density at radius 2 is 1.94 bits per heavy atom. The summed E-state index contributed by atoms with van der Waals surface area (Å²) in [6, 6.07) is 10.1. The van der Waals surface area contributed by atoms with Gasteiger partial charge < -0.3 is 14.6 Å². The normalized spacial score (nSPS) is 12.6. The van der Waals surface area contributed by atoms with Crippen LogP contribution in [-0.2, 0) is 16.1 Å². The summed E-state index contributed by atoms with van der Waals surface area (Å²) in [5.74, 6) is 0. The van der Waals surface area contributed by atoms with E-state index in [9.17, 15) is 0 Å². The third kappa shape index (κ3) is 7.10. The molecule has 0 unspecified atom stereocenters. The van der Waals surface area contributed by atoms with E-state index in [0.29, 0.717) is 26.2 Å². The predicted octanol–water partition coefficient (Wildman–Crippen LogP) is 2.38. The van der Waals surface area contributed by atoms with Crippen molar-refractivity contribution in [3.05, 3.63) is 35.9 Å². The van der Waals surface area contributed by atoms with Crippen molar-refractivity contribution in [1.82, 2.24) is 0 Å². The number of rotatable bonds is 9. The van der Waals surface area contributed by atoms with Crippen molar-refractivity contribution in [2.45, 2.75) is 32.5 Å². The van der Waals surface area contributed by atoms with E-state index < -0.39 is 0 Å². The Bertz CT molecular complexity index is 274. The average molecular weight is 238 g/mol. The molecule has 0 aliphatic rings. The van der Waals surface area contributed by atoms with Crippen LogP contribution in [0.5, 0.6) is 0 Å². The topological polar surface area (TPSA) is 38.7 Å². The fourth-order valence-electron chi connectivity index (χ4n) is 1.47. The predicted molar refractivity (Wildman–Crippen MR) is 67.8 cm³/mol. The van der Waals surface area contributed by atoms with E-state index in [4.69, 9.17) is 14.6 Å². The lowest BCUT2D eigenvalue weighted by Crippen LogP contribution is -2.12. The van der Waals surface area contributed by atoms with Gasteiger partial charge in [0.2, 0.25) is 0 Å². The number of aliphatic hydroxyl groups is 1. The monoisotopic (exact) mass is 238 g/mol. The van der Waals surface area contributed by atoms with E-state index >= 15 is 0 Å². The summed E-state index contributed by atoms with van der Waals surface area (Å²) in [6.07, 6.45) is 1.72. The van der Waals surface area contributed by atoms with Gasteiger partial charge in [0.1, 0.15) is 0 Å². The highest BCUT2D eigenvalue weighted by molar-refractivity contribution is 5.13. The maximum atomic E-state index is 8.70. The van der Waals surface area contributed by atoms with E-state index in [1.807, 2.05) is 25.1 Å². The fourth-order valence-corrected chi connectivity index (χ4v) is 1.47. The van der Waals surface area contributed by atoms with Crippen LogP contribution in [0.25, 0.3) is 0 Å². The van der Waals surface area contributed by atoms with Gasteiger partial charge in [-0.15, -0.1) is 0 Å². The molecule has 1 aromatic carbocycles. The molecule has 3 heteroatoms. The molecule has 96 valence electrons. The average Bonchev–Trinajstić information content (AvgIpc) is 2.35. The number of hydrogen-bond acceptors (Lipinski definition) is 3. The van der Waals surface area contributed by atoms with Crippen LogP contribution in [0.1, 0.15) is 25.3 Å². The Morgan fingerprint density at radius 1 is 1.18 bits per heavy atom. The summed E-state index contributed by atoms with van der Waals surface area (Å²) in [5.41, 5.74) is 1.20. The van der Waals surface area contributed by atoms with Crippen molar-refractivity contribution >= 4 is 0 Å². The lowest BCUT2D eigenvalue weighted by Gasteiger charge is -2.11. The molecule has 0 radical (unpaired) electrons. The molecule has 0 amide bonds. The molecule has 1 rings (SSSR count). The number of aliphatic hydroxyl groups excluding tert-OH is 1. The van der Waals surface area contributed by atoms with Gasteiger partial charge in [-0.3, -0.25) is 0 Å². The summed E-state index contributed by atoms with van der Waals surface area (Å²) in [5, 5.41) is 8.70. The van der Waals surface area contributed by atoms with Gasteiger partial charge in [0.15, 0.2) is 0 Å². The first-order chi connectivity index (χ1) is 8.33.